The average Bonchev–Trinajstić information content (AvgIpc) is 2.52. The van der Waals surface area contributed by atoms with Crippen molar-refractivity contribution in [1.82, 2.24) is 4.98 Å². The molecular formula is C8H12N2O. The lowest BCUT2D eigenvalue weighted by Gasteiger charge is -1.99. The van der Waals surface area contributed by atoms with Crippen LogP contribution in [-0.2, 0) is 6.42 Å². The van der Waals surface area contributed by atoms with Crippen LogP contribution < -0.4 is 0 Å². The van der Waals surface area contributed by atoms with E-state index in [0.29, 0.717) is 0 Å². The molecule has 1 N–H and O–H groups in total. The number of hydrogen-bond acceptors (Lipinski definition) is 2. The van der Waals surface area contributed by atoms with Crippen molar-refractivity contribution in [3.8, 4) is 0 Å². The van der Waals surface area contributed by atoms with E-state index in [-0.39, 0.29) is 6.04 Å². The SMILES string of the molecule is CC(CCc1ccc[nH]1)N=O. The second-order valence-corrected chi connectivity index (χ2v) is 2.69. The van der Waals surface area contributed by atoms with Gasteiger partial charge in [0.25, 0.3) is 0 Å². The molecule has 1 aromatic rings. The molecule has 0 bridgehead atoms. The highest BCUT2D eigenvalue weighted by atomic mass is 16.3. The third-order valence-corrected chi connectivity index (χ3v) is 1.67. The van der Waals surface area contributed by atoms with Gasteiger partial charge < -0.3 is 4.98 Å². The molecule has 3 heteroatoms. The second kappa shape index (κ2) is 3.91. The molecule has 3 nitrogen and oxygen atoms in total. The molecule has 0 radical (unpaired) electrons. The largest absolute Gasteiger partial charge is 0.365 e. The smallest absolute Gasteiger partial charge is 0.0895 e. The van der Waals surface area contributed by atoms with Gasteiger partial charge in [0.1, 0.15) is 0 Å². The zero-order chi connectivity index (χ0) is 8.10. The van der Waals surface area contributed by atoms with Gasteiger partial charge in [-0.15, -0.1) is 0 Å². The maximum absolute atomic E-state index is 10.0. The predicted molar refractivity (Wildman–Crippen MR) is 44.4 cm³/mol. The van der Waals surface area contributed by atoms with Crippen LogP contribution in [0.5, 0.6) is 0 Å². The molecule has 0 aromatic carbocycles. The topological polar surface area (TPSA) is 45.2 Å². The minimum atomic E-state index is -0.0710. The fourth-order valence-corrected chi connectivity index (χ4v) is 0.940. The van der Waals surface area contributed by atoms with Crippen molar-refractivity contribution < 1.29 is 0 Å². The summed E-state index contributed by atoms with van der Waals surface area (Å²) in [7, 11) is 0. The summed E-state index contributed by atoms with van der Waals surface area (Å²) in [5, 5.41) is 2.92. The molecule has 0 aliphatic heterocycles. The molecule has 11 heavy (non-hydrogen) atoms. The molecule has 0 spiro atoms. The highest BCUT2D eigenvalue weighted by Gasteiger charge is 2.00. The molecule has 1 unspecified atom stereocenters. The Bertz CT molecular complexity index is 206. The highest BCUT2D eigenvalue weighted by Crippen LogP contribution is 2.03. The van der Waals surface area contributed by atoms with Gasteiger partial charge in [-0.1, -0.05) is 5.18 Å². The van der Waals surface area contributed by atoms with Crippen LogP contribution in [0.3, 0.4) is 0 Å². The van der Waals surface area contributed by atoms with Crippen LogP contribution in [0.25, 0.3) is 0 Å². The molecule has 0 aliphatic rings. The number of nitrogens with zero attached hydrogens (tertiary/aromatic N) is 1. The summed E-state index contributed by atoms with van der Waals surface area (Å²) in [6, 6.07) is 3.89. The first-order valence-electron chi connectivity index (χ1n) is 3.77. The van der Waals surface area contributed by atoms with Gasteiger partial charge in [-0.05, 0) is 31.9 Å². The third kappa shape index (κ3) is 2.53. The van der Waals surface area contributed by atoms with Crippen molar-refractivity contribution in [3.05, 3.63) is 28.9 Å². The van der Waals surface area contributed by atoms with Crippen LogP contribution in [-0.4, -0.2) is 11.0 Å². The van der Waals surface area contributed by atoms with E-state index < -0.39 is 0 Å². The molecule has 0 saturated carbocycles. The Hall–Kier alpha value is -1.12. The zero-order valence-electron chi connectivity index (χ0n) is 6.58. The number of hydrogen-bond donors (Lipinski definition) is 1. The molecule has 1 atom stereocenters. The van der Waals surface area contributed by atoms with Crippen molar-refractivity contribution in [2.75, 3.05) is 0 Å². The molecular weight excluding hydrogens is 140 g/mol. The summed E-state index contributed by atoms with van der Waals surface area (Å²) in [5.41, 5.74) is 1.17. The first-order valence-corrected chi connectivity index (χ1v) is 3.77. The Labute approximate surface area is 65.8 Å². The van der Waals surface area contributed by atoms with E-state index in [1.807, 2.05) is 25.3 Å². The van der Waals surface area contributed by atoms with E-state index in [4.69, 9.17) is 0 Å². The maximum Gasteiger partial charge on any atom is 0.0895 e. The first kappa shape index (κ1) is 7.98. The lowest BCUT2D eigenvalue weighted by atomic mass is 10.1. The fourth-order valence-electron chi connectivity index (χ4n) is 0.940. The van der Waals surface area contributed by atoms with Gasteiger partial charge in [0, 0.05) is 11.9 Å². The van der Waals surface area contributed by atoms with Gasteiger partial charge in [0.05, 0.1) is 6.04 Å². The predicted octanol–water partition coefficient (Wildman–Crippen LogP) is 2.10. The van der Waals surface area contributed by atoms with Crippen LogP contribution in [0, 0.1) is 4.91 Å². The van der Waals surface area contributed by atoms with Crippen LogP contribution in [0.4, 0.5) is 0 Å². The molecule has 60 valence electrons. The van der Waals surface area contributed by atoms with Gasteiger partial charge in [-0.2, -0.15) is 4.91 Å². The van der Waals surface area contributed by atoms with E-state index >= 15 is 0 Å². The summed E-state index contributed by atoms with van der Waals surface area (Å²) in [6.07, 6.45) is 3.61. The Morgan fingerprint density at radius 1 is 1.73 bits per heavy atom. The van der Waals surface area contributed by atoms with E-state index in [9.17, 15) is 4.91 Å². The van der Waals surface area contributed by atoms with Gasteiger partial charge in [0.15, 0.2) is 0 Å². The molecule has 1 rings (SSSR count). The second-order valence-electron chi connectivity index (χ2n) is 2.69. The minimum absolute atomic E-state index is 0.0710. The van der Waals surface area contributed by atoms with E-state index in [1.165, 1.54) is 5.69 Å². The molecule has 0 aliphatic carbocycles. The molecule has 0 amide bonds. The lowest BCUT2D eigenvalue weighted by Crippen LogP contribution is -1.98. The van der Waals surface area contributed by atoms with Crippen molar-refractivity contribution >= 4 is 0 Å². The van der Waals surface area contributed by atoms with E-state index in [2.05, 4.69) is 10.2 Å². The molecule has 1 heterocycles. The highest BCUT2D eigenvalue weighted by molar-refractivity contribution is 5.03. The molecule has 0 fully saturated rings. The summed E-state index contributed by atoms with van der Waals surface area (Å²) in [5.74, 6) is 0. The Kier molecular flexibility index (Phi) is 2.83. The van der Waals surface area contributed by atoms with Crippen LogP contribution >= 0.6 is 0 Å². The Morgan fingerprint density at radius 3 is 3.09 bits per heavy atom. The number of aromatic nitrogens is 1. The number of aryl methyl sites for hydroxylation is 1. The van der Waals surface area contributed by atoms with Crippen molar-refractivity contribution in [2.24, 2.45) is 5.18 Å². The van der Waals surface area contributed by atoms with Gasteiger partial charge in [0.2, 0.25) is 0 Å². The number of nitroso groups, excluding NO2 is 1. The monoisotopic (exact) mass is 152 g/mol. The van der Waals surface area contributed by atoms with Crippen molar-refractivity contribution in [2.45, 2.75) is 25.8 Å². The van der Waals surface area contributed by atoms with Crippen LogP contribution in [0.2, 0.25) is 0 Å². The van der Waals surface area contributed by atoms with Gasteiger partial charge in [-0.25, -0.2) is 0 Å². The third-order valence-electron chi connectivity index (χ3n) is 1.67. The van der Waals surface area contributed by atoms with Crippen molar-refractivity contribution in [1.29, 1.82) is 0 Å². The fraction of sp³-hybridized carbons (Fsp3) is 0.500. The zero-order valence-corrected chi connectivity index (χ0v) is 6.58. The number of aromatic amines is 1. The van der Waals surface area contributed by atoms with Crippen molar-refractivity contribution in [3.63, 3.8) is 0 Å². The normalized spacial score (nSPS) is 12.8. The first-order chi connectivity index (χ1) is 5.33. The lowest BCUT2D eigenvalue weighted by molar-refractivity contribution is 0.657. The molecule has 1 aromatic heterocycles. The average molecular weight is 152 g/mol. The van der Waals surface area contributed by atoms with Gasteiger partial charge >= 0.3 is 0 Å². The Morgan fingerprint density at radius 2 is 2.55 bits per heavy atom. The molecule has 0 saturated heterocycles. The summed E-state index contributed by atoms with van der Waals surface area (Å²) < 4.78 is 0. The number of H-pyrrole nitrogens is 1. The van der Waals surface area contributed by atoms with Crippen LogP contribution in [0.15, 0.2) is 23.5 Å². The summed E-state index contributed by atoms with van der Waals surface area (Å²) >= 11 is 0. The van der Waals surface area contributed by atoms with E-state index in [0.717, 1.165) is 12.8 Å². The summed E-state index contributed by atoms with van der Waals surface area (Å²) in [6.45, 7) is 1.83. The number of rotatable bonds is 4. The number of nitrogens with one attached hydrogen (secondary N) is 1. The quantitative estimate of drug-likeness (QED) is 0.660. The Balaban J connectivity index is 2.28. The summed E-state index contributed by atoms with van der Waals surface area (Å²) in [4.78, 5) is 13.1. The van der Waals surface area contributed by atoms with Crippen LogP contribution in [0.1, 0.15) is 19.0 Å². The van der Waals surface area contributed by atoms with E-state index in [1.54, 1.807) is 0 Å². The van der Waals surface area contributed by atoms with Gasteiger partial charge in [-0.3, -0.25) is 0 Å². The maximum atomic E-state index is 10.0. The minimum Gasteiger partial charge on any atom is -0.365 e. The standard InChI is InChI=1S/C8H12N2O/c1-7(10-11)4-5-8-3-2-6-9-8/h2-3,6-7,9H,4-5H2,1H3.